The van der Waals surface area contributed by atoms with Gasteiger partial charge < -0.3 is 21.9 Å². The van der Waals surface area contributed by atoms with Crippen molar-refractivity contribution in [3.05, 3.63) is 0 Å². The van der Waals surface area contributed by atoms with E-state index in [9.17, 15) is 4.21 Å². The Balaban J connectivity index is -0.00000000604. The average Bonchev–Trinajstić information content (AvgIpc) is 2.14. The SMILES string of the molecule is O.O.O.O.O=[S](O)(=[Ba])OO.[Al].[Al].[O]=[Al].[O]=[Al].[O]=[Ba]. The van der Waals surface area contributed by atoms with Gasteiger partial charge in [-0.25, -0.2) is 0 Å². The van der Waals surface area contributed by atoms with Crippen LogP contribution in [-0.2, 0) is 14.2 Å². The molecule has 0 aromatic heterocycles. The van der Waals surface area contributed by atoms with Crippen LogP contribution in [0.1, 0.15) is 0 Å². The van der Waals surface area contributed by atoms with Gasteiger partial charge in [-0.05, 0) is 0 Å². The predicted molar refractivity (Wildman–Crippen MR) is 65.5 cm³/mol. The molecule has 18 heavy (non-hydrogen) atoms. The first-order valence-electron chi connectivity index (χ1n) is 1.75. The summed E-state index contributed by atoms with van der Waals surface area (Å²) in [5.74, 6) is 0. The molecule has 0 aliphatic heterocycles. The zero-order chi connectivity index (χ0) is 11.2. The Kier molecular flexibility index (Phi) is 252. The summed E-state index contributed by atoms with van der Waals surface area (Å²) in [4.78, 5) is 0. The van der Waals surface area contributed by atoms with Gasteiger partial charge in [0.25, 0.3) is 0 Å². The summed E-state index contributed by atoms with van der Waals surface area (Å²) in [5.41, 5.74) is 0. The second-order valence-corrected chi connectivity index (χ2v) is 8.84. The summed E-state index contributed by atoms with van der Waals surface area (Å²) in [7, 11) is 0. The van der Waals surface area contributed by atoms with Crippen molar-refractivity contribution in [1.29, 1.82) is 0 Å². The molecule has 10 N–H and O–H groups in total. The Bertz CT molecular complexity index is 158. The second kappa shape index (κ2) is 68.2. The summed E-state index contributed by atoms with van der Waals surface area (Å²) < 4.78 is 42.4. The third-order valence-electron chi connectivity index (χ3n) is 0.116. The quantitative estimate of drug-likeness (QED) is 0.167. The Morgan fingerprint density at radius 2 is 0.944 bits per heavy atom. The van der Waals surface area contributed by atoms with E-state index < -0.39 is 45.9 Å². The zero-order valence-electron chi connectivity index (χ0n) is 9.07. The van der Waals surface area contributed by atoms with Crippen molar-refractivity contribution in [2.24, 2.45) is 0 Å². The number of hydrogen-bond acceptors (Lipinski definition) is 6. The summed E-state index contributed by atoms with van der Waals surface area (Å²) >= 11 is 1.69. The van der Waals surface area contributed by atoms with E-state index in [4.69, 9.17) is 17.5 Å². The van der Waals surface area contributed by atoms with Crippen molar-refractivity contribution in [2.75, 3.05) is 0 Å². The molecule has 1 atom stereocenters. The fraction of sp³-hybridized carbons (Fsp3) is 0. The first-order valence-corrected chi connectivity index (χ1v) is 11.6. The van der Waals surface area contributed by atoms with E-state index in [1.54, 1.807) is 0 Å². The van der Waals surface area contributed by atoms with Gasteiger partial charge in [0.1, 0.15) is 0 Å². The van der Waals surface area contributed by atoms with E-state index in [2.05, 4.69) is 4.33 Å². The predicted octanol–water partition coefficient (Wildman–Crippen LogP) is -6.33. The second-order valence-electron chi connectivity index (χ2n) is 0.656. The van der Waals surface area contributed by atoms with E-state index in [1.165, 1.54) is 32.4 Å². The molecule has 0 spiro atoms. The molecule has 0 fully saturated rings. The molecular formula is H10Al4Ba2O11S. The van der Waals surface area contributed by atoms with Crippen LogP contribution in [0, 0.1) is 0 Å². The maximum absolute atomic E-state index is 9.73. The van der Waals surface area contributed by atoms with Crippen LogP contribution in [0.2, 0.25) is 0 Å². The van der Waals surface area contributed by atoms with Crippen LogP contribution in [0.4, 0.5) is 0 Å². The Morgan fingerprint density at radius 1 is 0.889 bits per heavy atom. The number of rotatable bonds is 1. The van der Waals surface area contributed by atoms with Gasteiger partial charge in [-0.1, -0.05) is 0 Å². The molecule has 0 aromatic carbocycles. The summed E-state index contributed by atoms with van der Waals surface area (Å²) in [6.07, 6.45) is 0. The first-order chi connectivity index (χ1) is 5.56. The minimum atomic E-state index is -3.16. The monoisotopic (exact) mass is 602 g/mol. The average molecular weight is 601 g/mol. The van der Waals surface area contributed by atoms with Gasteiger partial charge in [0.05, 0.1) is 0 Å². The van der Waals surface area contributed by atoms with Crippen molar-refractivity contribution in [3.8, 4) is 0 Å². The van der Waals surface area contributed by atoms with Gasteiger partial charge >= 0.3 is 151 Å². The van der Waals surface area contributed by atoms with E-state index in [0.29, 0.717) is 0 Å². The normalized spacial score (nSPS) is 7.33. The molecule has 8 radical (unpaired) electrons. The Labute approximate surface area is 202 Å². The molecule has 0 saturated carbocycles. The zero-order valence-corrected chi connectivity index (χ0v) is 23.4. The standard InChI is InChI=1S/4Al.2Ba.H2O4S.4H2O.3O/c;;;;;;1-4-5(2)3;;;;;;;/h;;;;;;1H,(H,2,3);4*1H2;;;. The Morgan fingerprint density at radius 3 is 0.944 bits per heavy atom. The van der Waals surface area contributed by atoms with E-state index in [-0.39, 0.29) is 103 Å². The van der Waals surface area contributed by atoms with Crippen molar-refractivity contribution in [2.45, 2.75) is 0 Å². The molecule has 18 heteroatoms. The van der Waals surface area contributed by atoms with Gasteiger partial charge in [-0.15, -0.1) is 0 Å². The van der Waals surface area contributed by atoms with Crippen LogP contribution in [0.3, 0.4) is 0 Å². The van der Waals surface area contributed by atoms with Crippen LogP contribution in [0.15, 0.2) is 0 Å². The fourth-order valence-electron chi connectivity index (χ4n) is 0. The molecule has 1 unspecified atom stereocenters. The fourth-order valence-corrected chi connectivity index (χ4v) is 0. The van der Waals surface area contributed by atoms with Crippen molar-refractivity contribution < 1.29 is 47.9 Å². The van der Waals surface area contributed by atoms with E-state index in [1.807, 2.05) is 0 Å². The minimum absolute atomic E-state index is 0. The third kappa shape index (κ3) is 138. The van der Waals surface area contributed by atoms with Gasteiger partial charge in [0.15, 0.2) is 0 Å². The molecule has 0 saturated heterocycles. The molecule has 0 bridgehead atoms. The van der Waals surface area contributed by atoms with Gasteiger partial charge in [0.2, 0.25) is 0 Å². The third-order valence-corrected chi connectivity index (χ3v) is 1.34. The van der Waals surface area contributed by atoms with Crippen LogP contribution in [-0.4, -0.2) is 194 Å². The molecule has 0 aliphatic rings. The molecule has 0 amide bonds. The van der Waals surface area contributed by atoms with Crippen LogP contribution < -0.4 is 0 Å². The topological polar surface area (TPSA) is 244 Å². The van der Waals surface area contributed by atoms with Crippen LogP contribution in [0.25, 0.3) is 0 Å². The first kappa shape index (κ1) is 66.5. The number of hydrogen-bond donors (Lipinski definition) is 2. The van der Waals surface area contributed by atoms with Crippen molar-refractivity contribution in [1.82, 2.24) is 0 Å². The molecule has 0 aromatic rings. The van der Waals surface area contributed by atoms with E-state index >= 15 is 0 Å². The van der Waals surface area contributed by atoms with Crippen LogP contribution >= 0.6 is 0 Å². The van der Waals surface area contributed by atoms with E-state index in [0.717, 1.165) is 0 Å². The molecular weight excluding hydrogens is 591 g/mol. The van der Waals surface area contributed by atoms with Crippen molar-refractivity contribution in [3.63, 3.8) is 0 Å². The van der Waals surface area contributed by atoms with Crippen molar-refractivity contribution >= 4 is 160 Å². The summed E-state index contributed by atoms with van der Waals surface area (Å²) in [6, 6.07) is 0. The summed E-state index contributed by atoms with van der Waals surface area (Å²) in [6.45, 7) is 0. The van der Waals surface area contributed by atoms with Gasteiger partial charge in [-0.2, -0.15) is 0 Å². The molecule has 11 nitrogen and oxygen atoms in total. The molecule has 98 valence electrons. The Hall–Kier alpha value is 4.54. The molecule has 0 rings (SSSR count). The van der Waals surface area contributed by atoms with Gasteiger partial charge in [0, 0.05) is 34.7 Å². The van der Waals surface area contributed by atoms with Crippen LogP contribution in [0.5, 0.6) is 0 Å². The molecule has 0 heterocycles. The maximum atomic E-state index is 9.73. The molecule has 0 aliphatic carbocycles. The summed E-state index contributed by atoms with van der Waals surface area (Å²) in [5, 5.41) is 7.43. The van der Waals surface area contributed by atoms with Gasteiger partial charge in [-0.3, -0.25) is 0 Å².